The van der Waals surface area contributed by atoms with Crippen molar-refractivity contribution >= 4 is 7.37 Å². The molecule has 0 N–H and O–H groups in total. The summed E-state index contributed by atoms with van der Waals surface area (Å²) in [5.74, 6) is 0. The molecule has 0 spiro atoms. The molecule has 0 aromatic heterocycles. The molecule has 0 bridgehead atoms. The molecule has 1 unspecified atom stereocenters. The Morgan fingerprint density at radius 2 is 1.77 bits per heavy atom. The lowest BCUT2D eigenvalue weighted by Crippen LogP contribution is -1.95. The fraction of sp³-hybridized carbons (Fsp3) is 1.00. The van der Waals surface area contributed by atoms with Gasteiger partial charge in [-0.1, -0.05) is 33.1 Å². The third-order valence-corrected chi connectivity index (χ3v) is 3.98. The van der Waals surface area contributed by atoms with Crippen LogP contribution in [0.3, 0.4) is 0 Å². The standard InChI is InChI=1S/C10H23O2P/c1-4-6-7-8-9-12-13(3,11)10-5-2/h4-10H2,1-3H3. The summed E-state index contributed by atoms with van der Waals surface area (Å²) in [6.07, 6.45) is 6.41. The molecule has 13 heavy (non-hydrogen) atoms. The van der Waals surface area contributed by atoms with Gasteiger partial charge < -0.3 is 4.52 Å². The SMILES string of the molecule is CCCCCCOP(C)(=O)CCC. The summed E-state index contributed by atoms with van der Waals surface area (Å²) in [5, 5.41) is 0. The topological polar surface area (TPSA) is 26.3 Å². The zero-order valence-electron chi connectivity index (χ0n) is 9.21. The fourth-order valence-electron chi connectivity index (χ4n) is 1.26. The summed E-state index contributed by atoms with van der Waals surface area (Å²) >= 11 is 0. The molecule has 0 fully saturated rings. The molecule has 0 aliphatic carbocycles. The fourth-order valence-corrected chi connectivity index (χ4v) is 2.71. The van der Waals surface area contributed by atoms with Crippen LogP contribution in [0, 0.1) is 0 Å². The van der Waals surface area contributed by atoms with E-state index in [1.54, 1.807) is 6.66 Å². The molecule has 0 rings (SSSR count). The van der Waals surface area contributed by atoms with Crippen LogP contribution in [-0.4, -0.2) is 19.4 Å². The van der Waals surface area contributed by atoms with E-state index in [-0.39, 0.29) is 0 Å². The molecule has 3 heteroatoms. The second kappa shape index (κ2) is 7.58. The van der Waals surface area contributed by atoms with Gasteiger partial charge in [0.05, 0.1) is 6.61 Å². The molecule has 0 heterocycles. The monoisotopic (exact) mass is 206 g/mol. The molecule has 0 aromatic rings. The Kier molecular flexibility index (Phi) is 7.69. The van der Waals surface area contributed by atoms with E-state index in [1.165, 1.54) is 19.3 Å². The van der Waals surface area contributed by atoms with Crippen molar-refractivity contribution < 1.29 is 9.09 Å². The van der Waals surface area contributed by atoms with Crippen molar-refractivity contribution in [2.75, 3.05) is 19.4 Å². The molecule has 0 aliphatic rings. The van der Waals surface area contributed by atoms with Crippen molar-refractivity contribution in [3.63, 3.8) is 0 Å². The van der Waals surface area contributed by atoms with Crippen LogP contribution in [0.1, 0.15) is 46.0 Å². The summed E-state index contributed by atoms with van der Waals surface area (Å²) in [5.41, 5.74) is 0. The van der Waals surface area contributed by atoms with E-state index < -0.39 is 7.37 Å². The van der Waals surface area contributed by atoms with E-state index in [1.807, 2.05) is 6.92 Å². The highest BCUT2D eigenvalue weighted by Gasteiger charge is 2.13. The first-order valence-corrected chi connectivity index (χ1v) is 7.59. The predicted molar refractivity (Wildman–Crippen MR) is 58.8 cm³/mol. The van der Waals surface area contributed by atoms with Gasteiger partial charge in [-0.3, -0.25) is 4.57 Å². The van der Waals surface area contributed by atoms with Gasteiger partial charge in [0.25, 0.3) is 0 Å². The van der Waals surface area contributed by atoms with Crippen LogP contribution in [0.2, 0.25) is 0 Å². The highest BCUT2D eigenvalue weighted by molar-refractivity contribution is 7.58. The number of rotatable bonds is 8. The molecular formula is C10H23O2P. The maximum absolute atomic E-state index is 11.6. The van der Waals surface area contributed by atoms with E-state index >= 15 is 0 Å². The van der Waals surface area contributed by atoms with E-state index in [0.29, 0.717) is 6.61 Å². The zero-order chi connectivity index (χ0) is 10.2. The second-order valence-corrected chi connectivity index (χ2v) is 6.37. The van der Waals surface area contributed by atoms with E-state index in [2.05, 4.69) is 6.92 Å². The van der Waals surface area contributed by atoms with Crippen LogP contribution in [0.4, 0.5) is 0 Å². The summed E-state index contributed by atoms with van der Waals surface area (Å²) in [4.78, 5) is 0. The lowest BCUT2D eigenvalue weighted by molar-refractivity contribution is 0.305. The molecule has 0 saturated heterocycles. The van der Waals surface area contributed by atoms with Crippen LogP contribution < -0.4 is 0 Å². The molecule has 80 valence electrons. The molecular weight excluding hydrogens is 183 g/mol. The summed E-state index contributed by atoms with van der Waals surface area (Å²) in [7, 11) is -2.24. The highest BCUT2D eigenvalue weighted by atomic mass is 31.2. The Hall–Kier alpha value is 0.190. The number of hydrogen-bond donors (Lipinski definition) is 0. The largest absolute Gasteiger partial charge is 0.329 e. The first kappa shape index (κ1) is 13.2. The Balaban J connectivity index is 3.35. The maximum Gasteiger partial charge on any atom is 0.200 e. The van der Waals surface area contributed by atoms with Crippen molar-refractivity contribution in [2.45, 2.75) is 46.0 Å². The van der Waals surface area contributed by atoms with E-state index in [9.17, 15) is 4.57 Å². The first-order chi connectivity index (χ1) is 6.12. The first-order valence-electron chi connectivity index (χ1n) is 5.33. The highest BCUT2D eigenvalue weighted by Crippen LogP contribution is 2.42. The van der Waals surface area contributed by atoms with Crippen molar-refractivity contribution in [3.8, 4) is 0 Å². The van der Waals surface area contributed by atoms with E-state index in [4.69, 9.17) is 4.52 Å². The molecule has 0 aromatic carbocycles. The Labute approximate surface area is 82.5 Å². The minimum absolute atomic E-state index is 0.674. The minimum atomic E-state index is -2.24. The van der Waals surface area contributed by atoms with Crippen molar-refractivity contribution in [1.82, 2.24) is 0 Å². The Morgan fingerprint density at radius 3 is 2.31 bits per heavy atom. The van der Waals surface area contributed by atoms with Crippen LogP contribution in [0.25, 0.3) is 0 Å². The van der Waals surface area contributed by atoms with Gasteiger partial charge in [-0.2, -0.15) is 0 Å². The third kappa shape index (κ3) is 8.52. The van der Waals surface area contributed by atoms with Gasteiger partial charge in [0.15, 0.2) is 7.37 Å². The van der Waals surface area contributed by atoms with Gasteiger partial charge in [0.1, 0.15) is 0 Å². The van der Waals surface area contributed by atoms with Crippen molar-refractivity contribution in [3.05, 3.63) is 0 Å². The van der Waals surface area contributed by atoms with Gasteiger partial charge in [-0.15, -0.1) is 0 Å². The predicted octanol–water partition coefficient (Wildman–Crippen LogP) is 3.90. The number of hydrogen-bond acceptors (Lipinski definition) is 2. The van der Waals surface area contributed by atoms with Crippen LogP contribution >= 0.6 is 7.37 Å². The van der Waals surface area contributed by atoms with Gasteiger partial charge in [-0.05, 0) is 12.8 Å². The third-order valence-electron chi connectivity index (χ3n) is 1.99. The lowest BCUT2D eigenvalue weighted by atomic mass is 10.2. The Morgan fingerprint density at radius 1 is 1.08 bits per heavy atom. The van der Waals surface area contributed by atoms with Gasteiger partial charge in [-0.25, -0.2) is 0 Å². The normalized spacial score (nSPS) is 15.6. The smallest absolute Gasteiger partial charge is 0.200 e. The van der Waals surface area contributed by atoms with E-state index in [0.717, 1.165) is 19.0 Å². The molecule has 0 saturated carbocycles. The van der Waals surface area contributed by atoms with Gasteiger partial charge in [0, 0.05) is 12.8 Å². The summed E-state index contributed by atoms with van der Waals surface area (Å²) < 4.78 is 17.0. The van der Waals surface area contributed by atoms with Crippen molar-refractivity contribution in [2.24, 2.45) is 0 Å². The summed E-state index contributed by atoms with van der Waals surface area (Å²) in [6, 6.07) is 0. The molecule has 2 nitrogen and oxygen atoms in total. The molecule has 0 aliphatic heterocycles. The Bertz CT molecular complexity index is 157. The van der Waals surface area contributed by atoms with Crippen LogP contribution in [-0.2, 0) is 9.09 Å². The lowest BCUT2D eigenvalue weighted by Gasteiger charge is -2.12. The van der Waals surface area contributed by atoms with Crippen molar-refractivity contribution in [1.29, 1.82) is 0 Å². The molecule has 0 radical (unpaired) electrons. The number of unbranched alkanes of at least 4 members (excludes halogenated alkanes) is 3. The average Bonchev–Trinajstić information content (AvgIpc) is 2.04. The second-order valence-electron chi connectivity index (χ2n) is 3.63. The summed E-state index contributed by atoms with van der Waals surface area (Å²) in [6.45, 7) is 6.64. The maximum atomic E-state index is 11.6. The molecule has 0 amide bonds. The minimum Gasteiger partial charge on any atom is -0.329 e. The molecule has 1 atom stereocenters. The quantitative estimate of drug-likeness (QED) is 0.444. The van der Waals surface area contributed by atoms with Gasteiger partial charge >= 0.3 is 0 Å². The van der Waals surface area contributed by atoms with Gasteiger partial charge in [0.2, 0.25) is 0 Å². The average molecular weight is 206 g/mol. The van der Waals surface area contributed by atoms with Crippen LogP contribution in [0.5, 0.6) is 0 Å². The zero-order valence-corrected chi connectivity index (χ0v) is 10.1. The van der Waals surface area contributed by atoms with Crippen LogP contribution in [0.15, 0.2) is 0 Å².